The molecule has 0 radical (unpaired) electrons. The number of carboxylic acids is 1. The third-order valence-corrected chi connectivity index (χ3v) is 7.75. The van der Waals surface area contributed by atoms with E-state index in [2.05, 4.69) is 11.0 Å². The molecule has 4 nitrogen and oxygen atoms in total. The van der Waals surface area contributed by atoms with Crippen LogP contribution in [0.15, 0.2) is 54.6 Å². The molecule has 0 unspecified atom stereocenters. The van der Waals surface area contributed by atoms with Crippen molar-refractivity contribution in [1.82, 2.24) is 4.90 Å². The van der Waals surface area contributed by atoms with Gasteiger partial charge in [0.15, 0.2) is 0 Å². The Morgan fingerprint density at radius 1 is 1.06 bits per heavy atom. The maximum Gasteiger partial charge on any atom is 0.314 e. The molecule has 1 aliphatic heterocycles. The Hall–Kier alpha value is -2.42. The minimum Gasteiger partial charge on any atom is -0.481 e. The van der Waals surface area contributed by atoms with Gasteiger partial charge in [-0.15, -0.1) is 12.4 Å². The number of likely N-dealkylation sites (tertiary alicyclic amines) is 1. The summed E-state index contributed by atoms with van der Waals surface area (Å²) in [5, 5.41) is 20.1. The van der Waals surface area contributed by atoms with Crippen LogP contribution in [0, 0.1) is 23.1 Å². The number of nitrogens with zero attached hydrogens (tertiary/aromatic N) is 2. The molecule has 6 heteroatoms. The van der Waals surface area contributed by atoms with Crippen molar-refractivity contribution in [3.63, 3.8) is 0 Å². The Bertz CT molecular complexity index is 968. The van der Waals surface area contributed by atoms with Gasteiger partial charge >= 0.3 is 5.97 Å². The van der Waals surface area contributed by atoms with Gasteiger partial charge in [-0.2, -0.15) is 5.26 Å². The molecule has 0 bridgehead atoms. The first kappa shape index (κ1) is 24.2. The van der Waals surface area contributed by atoms with Crippen LogP contribution in [0.2, 0.25) is 0 Å². The monoisotopic (exact) mass is 456 g/mol. The summed E-state index contributed by atoms with van der Waals surface area (Å²) in [5.74, 6) is -1.04. The standard InChI is InChI=1S/C26H29FN2O2.ClH/c1-19-17-29(16-15-26(19,24(30)31)21-5-3-2-4-6-21)23-11-13-25(18-28,14-12-23)20-7-9-22(27)10-8-20;/h2-10,19,23H,11-17H2,1H3,(H,30,31);1H/t19-,23?,25?,26-;/m1./s1. The maximum absolute atomic E-state index is 13.3. The molecule has 1 saturated heterocycles. The molecule has 4 rings (SSSR count). The summed E-state index contributed by atoms with van der Waals surface area (Å²) in [6.07, 6.45) is 3.86. The Morgan fingerprint density at radius 3 is 2.22 bits per heavy atom. The lowest BCUT2D eigenvalue weighted by atomic mass is 9.65. The molecule has 0 aromatic heterocycles. The van der Waals surface area contributed by atoms with Gasteiger partial charge < -0.3 is 10.0 Å². The zero-order chi connectivity index (χ0) is 22.1. The Morgan fingerprint density at radius 2 is 1.69 bits per heavy atom. The average molecular weight is 457 g/mol. The Kier molecular flexibility index (Phi) is 7.27. The molecular formula is C26H30ClFN2O2. The van der Waals surface area contributed by atoms with E-state index in [1.807, 2.05) is 37.3 Å². The van der Waals surface area contributed by atoms with E-state index in [0.29, 0.717) is 12.5 Å². The molecule has 2 aliphatic rings. The van der Waals surface area contributed by atoms with Gasteiger partial charge in [0, 0.05) is 12.6 Å². The van der Waals surface area contributed by atoms with Crippen LogP contribution in [0.25, 0.3) is 0 Å². The highest BCUT2D eigenvalue weighted by Gasteiger charge is 2.50. The molecule has 1 N–H and O–H groups in total. The van der Waals surface area contributed by atoms with Crippen LogP contribution in [-0.4, -0.2) is 35.1 Å². The second-order valence-corrected chi connectivity index (χ2v) is 9.22. The minimum atomic E-state index is -0.850. The van der Waals surface area contributed by atoms with Crippen LogP contribution < -0.4 is 0 Å². The van der Waals surface area contributed by atoms with Crippen molar-refractivity contribution in [3.05, 3.63) is 71.5 Å². The number of aliphatic carboxylic acids is 1. The normalized spacial score (nSPS) is 30.7. The predicted molar refractivity (Wildman–Crippen MR) is 124 cm³/mol. The van der Waals surface area contributed by atoms with Crippen molar-refractivity contribution in [2.75, 3.05) is 13.1 Å². The van der Waals surface area contributed by atoms with Crippen molar-refractivity contribution in [2.45, 2.75) is 55.9 Å². The highest BCUT2D eigenvalue weighted by molar-refractivity contribution is 5.85. The molecule has 1 aliphatic carbocycles. The molecule has 1 saturated carbocycles. The Balaban J connectivity index is 0.00000289. The zero-order valence-electron chi connectivity index (χ0n) is 18.3. The number of piperidine rings is 1. The summed E-state index contributed by atoms with van der Waals surface area (Å²) in [4.78, 5) is 14.8. The lowest BCUT2D eigenvalue weighted by Gasteiger charge is -2.48. The van der Waals surface area contributed by atoms with Gasteiger partial charge in [-0.05, 0) is 67.8 Å². The van der Waals surface area contributed by atoms with Gasteiger partial charge in [0.1, 0.15) is 5.82 Å². The third kappa shape index (κ3) is 4.14. The van der Waals surface area contributed by atoms with Crippen LogP contribution in [0.1, 0.15) is 50.2 Å². The van der Waals surface area contributed by atoms with E-state index in [1.165, 1.54) is 12.1 Å². The first-order chi connectivity index (χ1) is 14.9. The smallest absolute Gasteiger partial charge is 0.314 e. The lowest BCUT2D eigenvalue weighted by Crippen LogP contribution is -2.56. The fraction of sp³-hybridized carbons (Fsp3) is 0.462. The molecule has 2 fully saturated rings. The number of nitriles is 1. The minimum absolute atomic E-state index is 0. The predicted octanol–water partition coefficient (Wildman–Crippen LogP) is 5.32. The second-order valence-electron chi connectivity index (χ2n) is 9.22. The maximum atomic E-state index is 13.3. The van der Waals surface area contributed by atoms with Gasteiger partial charge in [0.2, 0.25) is 0 Å². The van der Waals surface area contributed by atoms with Gasteiger partial charge in [-0.1, -0.05) is 49.4 Å². The SMILES string of the molecule is C[C@@H]1CN(C2CCC(C#N)(c3ccc(F)cc3)CC2)CC[C@]1(C(=O)O)c1ccccc1.Cl. The molecule has 170 valence electrons. The quantitative estimate of drug-likeness (QED) is 0.676. The second kappa shape index (κ2) is 9.60. The van der Waals surface area contributed by atoms with Crippen LogP contribution >= 0.6 is 12.4 Å². The summed E-state index contributed by atoms with van der Waals surface area (Å²) in [6.45, 7) is 3.53. The summed E-state index contributed by atoms with van der Waals surface area (Å²) in [5.41, 5.74) is 0.381. The summed E-state index contributed by atoms with van der Waals surface area (Å²) in [6, 6.07) is 18.8. The van der Waals surface area contributed by atoms with Crippen LogP contribution in [0.5, 0.6) is 0 Å². The summed E-state index contributed by atoms with van der Waals surface area (Å²) < 4.78 is 13.3. The highest BCUT2D eigenvalue weighted by atomic mass is 35.5. The van der Waals surface area contributed by atoms with E-state index in [4.69, 9.17) is 0 Å². The van der Waals surface area contributed by atoms with Gasteiger partial charge in [0.05, 0.1) is 16.9 Å². The number of carboxylic acid groups (broad SMARTS) is 1. The van der Waals surface area contributed by atoms with Gasteiger partial charge in [-0.25, -0.2) is 4.39 Å². The first-order valence-corrected chi connectivity index (χ1v) is 11.1. The zero-order valence-corrected chi connectivity index (χ0v) is 19.2. The number of hydrogen-bond donors (Lipinski definition) is 1. The van der Waals surface area contributed by atoms with Gasteiger partial charge in [-0.3, -0.25) is 4.79 Å². The molecule has 2 aromatic rings. The van der Waals surface area contributed by atoms with E-state index in [0.717, 1.165) is 49.9 Å². The molecule has 1 heterocycles. The average Bonchev–Trinajstić information content (AvgIpc) is 2.80. The fourth-order valence-electron chi connectivity index (χ4n) is 5.80. The Labute approximate surface area is 195 Å². The topological polar surface area (TPSA) is 64.3 Å². The highest BCUT2D eigenvalue weighted by Crippen LogP contribution is 2.44. The van der Waals surface area contributed by atoms with Crippen molar-refractivity contribution in [3.8, 4) is 6.07 Å². The molecule has 2 aromatic carbocycles. The number of benzene rings is 2. The van der Waals surface area contributed by atoms with E-state index in [-0.39, 0.29) is 24.1 Å². The van der Waals surface area contributed by atoms with Gasteiger partial charge in [0.25, 0.3) is 0 Å². The number of halogens is 2. The molecular weight excluding hydrogens is 427 g/mol. The van der Waals surface area contributed by atoms with E-state index < -0.39 is 16.8 Å². The van der Waals surface area contributed by atoms with E-state index in [9.17, 15) is 19.6 Å². The van der Waals surface area contributed by atoms with Crippen molar-refractivity contribution in [1.29, 1.82) is 5.26 Å². The molecule has 2 atom stereocenters. The molecule has 0 spiro atoms. The number of carbonyl (C=O) groups is 1. The van der Waals surface area contributed by atoms with Crippen molar-refractivity contribution < 1.29 is 14.3 Å². The fourth-order valence-corrected chi connectivity index (χ4v) is 5.80. The van der Waals surface area contributed by atoms with E-state index >= 15 is 0 Å². The lowest BCUT2D eigenvalue weighted by molar-refractivity contribution is -0.149. The summed E-state index contributed by atoms with van der Waals surface area (Å²) >= 11 is 0. The van der Waals surface area contributed by atoms with Crippen LogP contribution in [0.4, 0.5) is 4.39 Å². The number of hydrogen-bond acceptors (Lipinski definition) is 3. The summed E-state index contributed by atoms with van der Waals surface area (Å²) in [7, 11) is 0. The van der Waals surface area contributed by atoms with E-state index in [1.54, 1.807) is 12.1 Å². The largest absolute Gasteiger partial charge is 0.481 e. The van der Waals surface area contributed by atoms with Crippen LogP contribution in [0.3, 0.4) is 0 Å². The molecule has 32 heavy (non-hydrogen) atoms. The number of rotatable bonds is 4. The van der Waals surface area contributed by atoms with Crippen molar-refractivity contribution >= 4 is 18.4 Å². The first-order valence-electron chi connectivity index (χ1n) is 11.1. The van der Waals surface area contributed by atoms with Crippen LogP contribution in [-0.2, 0) is 15.6 Å². The van der Waals surface area contributed by atoms with Crippen molar-refractivity contribution in [2.24, 2.45) is 5.92 Å². The third-order valence-electron chi connectivity index (χ3n) is 7.75. The molecule has 0 amide bonds.